The predicted molar refractivity (Wildman–Crippen MR) is 132 cm³/mol. The summed E-state index contributed by atoms with van der Waals surface area (Å²) in [5.41, 5.74) is 6.55. The molecule has 2 heterocycles. The highest BCUT2D eigenvalue weighted by molar-refractivity contribution is 5.76. The fourth-order valence-electron chi connectivity index (χ4n) is 3.85. The Kier molecular flexibility index (Phi) is 20.8. The minimum Gasteiger partial charge on any atom is -0.400 e. The molecule has 0 atom stereocenters. The fourth-order valence-corrected chi connectivity index (χ4v) is 3.85. The number of nitrogens with two attached hydrogens (primary N) is 2. The number of allylic oxidation sites excluding steroid dienone is 1. The largest absolute Gasteiger partial charge is 0.400 e. The van der Waals surface area contributed by atoms with Gasteiger partial charge < -0.3 is 15.5 Å². The maximum atomic E-state index is 10.9. The van der Waals surface area contributed by atoms with Crippen molar-refractivity contribution < 1.29 is 9.53 Å². The van der Waals surface area contributed by atoms with Gasteiger partial charge in [0, 0.05) is 43.4 Å². The quantitative estimate of drug-likeness (QED) is 0.459. The van der Waals surface area contributed by atoms with Crippen LogP contribution in [-0.2, 0) is 9.53 Å². The maximum absolute atomic E-state index is 10.9. The lowest BCUT2D eigenvalue weighted by molar-refractivity contribution is -0.118. The van der Waals surface area contributed by atoms with Crippen molar-refractivity contribution >= 4 is 5.78 Å². The Hall–Kier alpha value is -1.11. The molecule has 6 nitrogen and oxygen atoms in total. The van der Waals surface area contributed by atoms with Crippen LogP contribution in [0.25, 0.3) is 0 Å². The lowest BCUT2D eigenvalue weighted by atomic mass is 9.84. The van der Waals surface area contributed by atoms with Crippen molar-refractivity contribution in [1.82, 2.24) is 9.91 Å². The highest BCUT2D eigenvalue weighted by Crippen LogP contribution is 2.38. The van der Waals surface area contributed by atoms with Crippen molar-refractivity contribution in [2.75, 3.05) is 33.9 Å². The number of hydrazine groups is 1. The van der Waals surface area contributed by atoms with E-state index in [1.165, 1.54) is 43.8 Å². The number of Topliss-reactive ketones (excluding diaryl/α,β-unsaturated/α-hetero) is 1. The van der Waals surface area contributed by atoms with Crippen molar-refractivity contribution in [3.05, 3.63) is 11.9 Å². The molecule has 0 saturated carbocycles. The summed E-state index contributed by atoms with van der Waals surface area (Å²) in [6.07, 6.45) is 7.54. The minimum absolute atomic E-state index is 0.126. The standard InChI is InChI=1S/C9H19N3O.C9H17NO.3C2H6/c1-7(13)5-9(2,3)8(10)6-12(4)11;1-11-8-9-4-2-6-10(9)7-3-5-9;3*1-2/h6H,5,10-11H2,1-4H3;2-8H2,1H3;3*1-2H3/b8-6-;;;;. The summed E-state index contributed by atoms with van der Waals surface area (Å²) < 4.78 is 5.29. The molecule has 0 spiro atoms. The number of fused-ring (bicyclic) bond motifs is 1. The third-order valence-electron chi connectivity index (χ3n) is 5.04. The van der Waals surface area contributed by atoms with Gasteiger partial charge in [-0.15, -0.1) is 0 Å². The molecule has 0 aromatic rings. The van der Waals surface area contributed by atoms with Gasteiger partial charge >= 0.3 is 0 Å². The van der Waals surface area contributed by atoms with E-state index in [-0.39, 0.29) is 11.2 Å². The Bertz CT molecular complexity index is 438. The molecule has 182 valence electrons. The van der Waals surface area contributed by atoms with Crippen molar-refractivity contribution in [3.8, 4) is 0 Å². The fraction of sp³-hybridized carbons (Fsp3) is 0.875. The zero-order valence-electron chi connectivity index (χ0n) is 22.1. The average Bonchev–Trinajstić information content (AvgIpc) is 3.26. The molecule has 6 heteroatoms. The van der Waals surface area contributed by atoms with Gasteiger partial charge in [0.25, 0.3) is 0 Å². The summed E-state index contributed by atoms with van der Waals surface area (Å²) in [5, 5.41) is 1.39. The van der Waals surface area contributed by atoms with Crippen LogP contribution in [0.1, 0.15) is 94.4 Å². The third-order valence-corrected chi connectivity index (χ3v) is 5.04. The molecule has 4 N–H and O–H groups in total. The molecular formula is C24H54N4O2. The normalized spacial score (nSPS) is 16.9. The monoisotopic (exact) mass is 430 g/mol. The smallest absolute Gasteiger partial charge is 0.130 e. The van der Waals surface area contributed by atoms with Gasteiger partial charge in [-0.3, -0.25) is 9.69 Å². The zero-order valence-corrected chi connectivity index (χ0v) is 22.1. The molecule has 2 aliphatic rings. The summed E-state index contributed by atoms with van der Waals surface area (Å²) >= 11 is 0. The van der Waals surface area contributed by atoms with Gasteiger partial charge in [-0.2, -0.15) is 0 Å². The summed E-state index contributed by atoms with van der Waals surface area (Å²) in [5.74, 6) is 5.54. The molecule has 0 bridgehead atoms. The number of ether oxygens (including phenoxy) is 1. The lowest BCUT2D eigenvalue weighted by Gasteiger charge is -2.30. The van der Waals surface area contributed by atoms with Gasteiger partial charge in [0.2, 0.25) is 0 Å². The van der Waals surface area contributed by atoms with Gasteiger partial charge in [-0.05, 0) is 45.7 Å². The summed E-state index contributed by atoms with van der Waals surface area (Å²) in [7, 11) is 3.51. The van der Waals surface area contributed by atoms with Gasteiger partial charge in [-0.25, -0.2) is 5.84 Å². The number of nitrogens with zero attached hydrogens (tertiary/aromatic N) is 2. The molecule has 0 aromatic carbocycles. The van der Waals surface area contributed by atoms with E-state index < -0.39 is 0 Å². The number of rotatable bonds is 6. The van der Waals surface area contributed by atoms with Crippen LogP contribution >= 0.6 is 0 Å². The second-order valence-electron chi connectivity index (χ2n) is 7.86. The van der Waals surface area contributed by atoms with Crippen LogP contribution in [0, 0.1) is 5.41 Å². The second-order valence-corrected chi connectivity index (χ2v) is 7.86. The molecule has 0 unspecified atom stereocenters. The van der Waals surface area contributed by atoms with Gasteiger partial charge in [-0.1, -0.05) is 55.4 Å². The van der Waals surface area contributed by atoms with Crippen LogP contribution in [-0.4, -0.2) is 55.1 Å². The average molecular weight is 431 g/mol. The number of ketones is 1. The van der Waals surface area contributed by atoms with E-state index in [1.807, 2.05) is 62.5 Å². The molecule has 2 rings (SSSR count). The second kappa shape index (κ2) is 18.6. The van der Waals surface area contributed by atoms with Crippen LogP contribution in [0.3, 0.4) is 0 Å². The van der Waals surface area contributed by atoms with E-state index in [1.54, 1.807) is 20.2 Å². The molecule has 2 fully saturated rings. The molecule has 30 heavy (non-hydrogen) atoms. The number of methoxy groups -OCH3 is 1. The highest BCUT2D eigenvalue weighted by atomic mass is 16.5. The van der Waals surface area contributed by atoms with Crippen LogP contribution < -0.4 is 11.6 Å². The molecule has 2 aliphatic heterocycles. The van der Waals surface area contributed by atoms with Crippen LogP contribution in [0.15, 0.2) is 11.9 Å². The third kappa shape index (κ3) is 12.6. The summed E-state index contributed by atoms with van der Waals surface area (Å²) in [6, 6.07) is 0. The topological polar surface area (TPSA) is 84.8 Å². The molecule has 0 aromatic heterocycles. The van der Waals surface area contributed by atoms with E-state index in [4.69, 9.17) is 16.3 Å². The van der Waals surface area contributed by atoms with Crippen molar-refractivity contribution in [1.29, 1.82) is 0 Å². The first-order valence-corrected chi connectivity index (χ1v) is 11.8. The molecule has 0 aliphatic carbocycles. The predicted octanol–water partition coefficient (Wildman–Crippen LogP) is 4.94. The molecule has 0 amide bonds. The Morgan fingerprint density at radius 3 is 1.87 bits per heavy atom. The summed E-state index contributed by atoms with van der Waals surface area (Å²) in [4.78, 5) is 13.5. The number of hydrogen-bond donors (Lipinski definition) is 2. The van der Waals surface area contributed by atoms with E-state index in [0.29, 0.717) is 17.7 Å². The summed E-state index contributed by atoms with van der Waals surface area (Å²) in [6.45, 7) is 21.0. The first-order valence-electron chi connectivity index (χ1n) is 11.8. The van der Waals surface area contributed by atoms with Crippen LogP contribution in [0.5, 0.6) is 0 Å². The van der Waals surface area contributed by atoms with Crippen molar-refractivity contribution in [2.45, 2.75) is 100.0 Å². The number of carbonyl (C=O) groups is 1. The van der Waals surface area contributed by atoms with E-state index in [2.05, 4.69) is 4.90 Å². The minimum atomic E-state index is -0.320. The number of carbonyl (C=O) groups excluding carboxylic acids is 1. The SMILES string of the molecule is CC.CC.CC.CC(=O)CC(C)(C)/C(N)=C/N(C)N.COCC12CCCN1CCC2. The lowest BCUT2D eigenvalue weighted by Crippen LogP contribution is -2.42. The molecular weight excluding hydrogens is 376 g/mol. The van der Waals surface area contributed by atoms with Gasteiger partial charge in [0.1, 0.15) is 5.78 Å². The van der Waals surface area contributed by atoms with Gasteiger partial charge in [0.05, 0.1) is 6.61 Å². The first kappa shape index (κ1) is 33.5. The van der Waals surface area contributed by atoms with Gasteiger partial charge in [0.15, 0.2) is 0 Å². The van der Waals surface area contributed by atoms with Crippen molar-refractivity contribution in [3.63, 3.8) is 0 Å². The Morgan fingerprint density at radius 2 is 1.53 bits per heavy atom. The molecule has 0 radical (unpaired) electrons. The van der Waals surface area contributed by atoms with E-state index in [9.17, 15) is 4.79 Å². The van der Waals surface area contributed by atoms with Crippen molar-refractivity contribution in [2.24, 2.45) is 17.0 Å². The first-order chi connectivity index (χ1) is 14.1. The zero-order chi connectivity index (χ0) is 24.4. The van der Waals surface area contributed by atoms with E-state index >= 15 is 0 Å². The Labute approximate surface area is 188 Å². The highest BCUT2D eigenvalue weighted by Gasteiger charge is 2.43. The Balaban J connectivity index is -0.000000390. The van der Waals surface area contributed by atoms with Crippen LogP contribution in [0.4, 0.5) is 0 Å². The van der Waals surface area contributed by atoms with Crippen LogP contribution in [0.2, 0.25) is 0 Å². The maximum Gasteiger partial charge on any atom is 0.130 e. The number of hydrogen-bond acceptors (Lipinski definition) is 6. The van der Waals surface area contributed by atoms with E-state index in [0.717, 1.165) is 6.61 Å². The molecule has 2 saturated heterocycles. The Morgan fingerprint density at radius 1 is 1.10 bits per heavy atom.